The van der Waals surface area contributed by atoms with Gasteiger partial charge in [0.15, 0.2) is 9.84 Å². The molecule has 0 fully saturated rings. The van der Waals surface area contributed by atoms with Gasteiger partial charge in [0, 0.05) is 0 Å². The number of hydrogen-bond donors (Lipinski definition) is 0. The standard InChI is InChI=1S/C15H12FNO2S/c16-13-6-8-14(9-7-13)20(18,19)15(10-11-17)12-4-2-1-3-5-12/h1-9,15H,10H2. The Bertz CT molecular complexity index is 719. The Morgan fingerprint density at radius 3 is 2.20 bits per heavy atom. The fourth-order valence-electron chi connectivity index (χ4n) is 1.95. The number of nitrogens with zero attached hydrogens (tertiary/aromatic N) is 1. The molecule has 0 N–H and O–H groups in total. The first-order valence-electron chi connectivity index (χ1n) is 5.97. The zero-order chi connectivity index (χ0) is 14.6. The summed E-state index contributed by atoms with van der Waals surface area (Å²) in [5.41, 5.74) is 0.554. The van der Waals surface area contributed by atoms with E-state index in [0.717, 1.165) is 12.1 Å². The summed E-state index contributed by atoms with van der Waals surface area (Å²) in [5, 5.41) is 7.93. The van der Waals surface area contributed by atoms with Crippen molar-refractivity contribution in [2.45, 2.75) is 16.6 Å². The van der Waals surface area contributed by atoms with Gasteiger partial charge < -0.3 is 0 Å². The van der Waals surface area contributed by atoms with E-state index in [2.05, 4.69) is 0 Å². The zero-order valence-corrected chi connectivity index (χ0v) is 11.3. The molecule has 0 heterocycles. The third-order valence-corrected chi connectivity index (χ3v) is 5.08. The van der Waals surface area contributed by atoms with Gasteiger partial charge in [-0.1, -0.05) is 30.3 Å². The molecule has 5 heteroatoms. The Kier molecular flexibility index (Phi) is 4.16. The van der Waals surface area contributed by atoms with Crippen LogP contribution in [0.5, 0.6) is 0 Å². The van der Waals surface area contributed by atoms with Crippen LogP contribution in [0.4, 0.5) is 4.39 Å². The van der Waals surface area contributed by atoms with Gasteiger partial charge in [-0.15, -0.1) is 0 Å². The first-order chi connectivity index (χ1) is 9.55. The molecule has 0 aliphatic carbocycles. The second kappa shape index (κ2) is 5.85. The summed E-state index contributed by atoms with van der Waals surface area (Å²) in [7, 11) is -3.72. The highest BCUT2D eigenvalue weighted by Gasteiger charge is 2.28. The summed E-state index contributed by atoms with van der Waals surface area (Å²) in [4.78, 5) is 0.0167. The lowest BCUT2D eigenvalue weighted by Gasteiger charge is -2.15. The summed E-state index contributed by atoms with van der Waals surface area (Å²) < 4.78 is 38.0. The van der Waals surface area contributed by atoms with Crippen molar-refractivity contribution in [3.63, 3.8) is 0 Å². The molecule has 0 aromatic heterocycles. The van der Waals surface area contributed by atoms with Gasteiger partial charge in [0.2, 0.25) is 0 Å². The van der Waals surface area contributed by atoms with Crippen LogP contribution in [0.2, 0.25) is 0 Å². The molecule has 0 aliphatic heterocycles. The molecule has 0 radical (unpaired) electrons. The maximum atomic E-state index is 12.9. The molecule has 3 nitrogen and oxygen atoms in total. The maximum Gasteiger partial charge on any atom is 0.186 e. The topological polar surface area (TPSA) is 57.9 Å². The van der Waals surface area contributed by atoms with Crippen LogP contribution in [0.15, 0.2) is 59.5 Å². The minimum Gasteiger partial charge on any atom is -0.223 e. The quantitative estimate of drug-likeness (QED) is 0.812. The van der Waals surface area contributed by atoms with Crippen LogP contribution in [-0.2, 0) is 9.84 Å². The number of halogens is 1. The second-order valence-corrected chi connectivity index (χ2v) is 6.39. The van der Waals surface area contributed by atoms with Gasteiger partial charge in [0.05, 0.1) is 17.4 Å². The van der Waals surface area contributed by atoms with Crippen LogP contribution in [0.25, 0.3) is 0 Å². The van der Waals surface area contributed by atoms with Crippen molar-refractivity contribution in [2.75, 3.05) is 0 Å². The highest BCUT2D eigenvalue weighted by molar-refractivity contribution is 7.91. The van der Waals surface area contributed by atoms with Crippen molar-refractivity contribution in [1.82, 2.24) is 0 Å². The summed E-state index contributed by atoms with van der Waals surface area (Å²) in [6.07, 6.45) is -0.149. The lowest BCUT2D eigenvalue weighted by molar-refractivity contribution is 0.581. The summed E-state index contributed by atoms with van der Waals surface area (Å²) in [6.45, 7) is 0. The van der Waals surface area contributed by atoms with Crippen LogP contribution in [0.1, 0.15) is 17.2 Å². The van der Waals surface area contributed by atoms with Gasteiger partial charge in [-0.3, -0.25) is 0 Å². The SMILES string of the molecule is N#CCC(c1ccccc1)S(=O)(=O)c1ccc(F)cc1. The third kappa shape index (κ3) is 2.86. The van der Waals surface area contributed by atoms with Crippen LogP contribution in [0, 0.1) is 17.1 Å². The molecule has 2 aromatic rings. The largest absolute Gasteiger partial charge is 0.223 e. The minimum absolute atomic E-state index is 0.0167. The molecule has 2 aromatic carbocycles. The van der Waals surface area contributed by atoms with E-state index in [9.17, 15) is 12.8 Å². The molecule has 0 saturated carbocycles. The maximum absolute atomic E-state index is 12.9. The molecular weight excluding hydrogens is 277 g/mol. The fourth-order valence-corrected chi connectivity index (χ4v) is 3.60. The van der Waals surface area contributed by atoms with Gasteiger partial charge in [-0.25, -0.2) is 12.8 Å². The predicted octanol–water partition coefficient (Wildman–Crippen LogP) is 3.25. The molecule has 0 amide bonds. The van der Waals surface area contributed by atoms with Gasteiger partial charge >= 0.3 is 0 Å². The minimum atomic E-state index is -3.72. The average molecular weight is 289 g/mol. The van der Waals surface area contributed by atoms with E-state index in [4.69, 9.17) is 5.26 Å². The second-order valence-electron chi connectivity index (χ2n) is 4.26. The van der Waals surface area contributed by atoms with E-state index < -0.39 is 20.9 Å². The average Bonchev–Trinajstić information content (AvgIpc) is 2.46. The van der Waals surface area contributed by atoms with Gasteiger partial charge in [0.25, 0.3) is 0 Å². The highest BCUT2D eigenvalue weighted by Crippen LogP contribution is 2.31. The lowest BCUT2D eigenvalue weighted by atomic mass is 10.1. The van der Waals surface area contributed by atoms with E-state index in [1.165, 1.54) is 12.1 Å². The highest BCUT2D eigenvalue weighted by atomic mass is 32.2. The van der Waals surface area contributed by atoms with E-state index >= 15 is 0 Å². The van der Waals surface area contributed by atoms with E-state index in [0.29, 0.717) is 5.56 Å². The molecule has 102 valence electrons. The van der Waals surface area contributed by atoms with Crippen molar-refractivity contribution in [2.24, 2.45) is 0 Å². The van der Waals surface area contributed by atoms with Crippen molar-refractivity contribution >= 4 is 9.84 Å². The first kappa shape index (κ1) is 14.2. The molecule has 0 saturated heterocycles. The summed E-state index contributed by atoms with van der Waals surface area (Å²) in [5.74, 6) is -0.500. The number of nitriles is 1. The normalized spacial score (nSPS) is 12.6. The number of benzene rings is 2. The zero-order valence-electron chi connectivity index (χ0n) is 10.5. The molecule has 0 aliphatic rings. The third-order valence-electron chi connectivity index (χ3n) is 2.96. The first-order valence-corrected chi connectivity index (χ1v) is 7.51. The molecule has 1 unspecified atom stereocenters. The smallest absolute Gasteiger partial charge is 0.186 e. The van der Waals surface area contributed by atoms with Gasteiger partial charge in [0.1, 0.15) is 11.1 Å². The van der Waals surface area contributed by atoms with Crippen molar-refractivity contribution in [3.05, 3.63) is 66.0 Å². The number of sulfone groups is 1. The van der Waals surface area contributed by atoms with Gasteiger partial charge in [-0.05, 0) is 29.8 Å². The molecule has 20 heavy (non-hydrogen) atoms. The Labute approximate surface area is 117 Å². The fraction of sp³-hybridized carbons (Fsp3) is 0.133. The van der Waals surface area contributed by atoms with Crippen LogP contribution < -0.4 is 0 Å². The van der Waals surface area contributed by atoms with Crippen LogP contribution in [-0.4, -0.2) is 8.42 Å². The van der Waals surface area contributed by atoms with Crippen molar-refractivity contribution in [3.8, 4) is 6.07 Å². The molecule has 1 atom stereocenters. The number of hydrogen-bond acceptors (Lipinski definition) is 3. The molecule has 0 spiro atoms. The summed E-state index contributed by atoms with van der Waals surface area (Å²) in [6, 6.07) is 15.1. The summed E-state index contributed by atoms with van der Waals surface area (Å²) >= 11 is 0. The van der Waals surface area contributed by atoms with Crippen molar-refractivity contribution < 1.29 is 12.8 Å². The Hall–Kier alpha value is -2.19. The van der Waals surface area contributed by atoms with E-state index in [-0.39, 0.29) is 11.3 Å². The van der Waals surface area contributed by atoms with E-state index in [1.54, 1.807) is 30.3 Å². The number of rotatable bonds is 4. The molecular formula is C15H12FNO2S. The van der Waals surface area contributed by atoms with Crippen molar-refractivity contribution in [1.29, 1.82) is 5.26 Å². The Morgan fingerprint density at radius 1 is 1.05 bits per heavy atom. The van der Waals surface area contributed by atoms with Crippen LogP contribution >= 0.6 is 0 Å². The Balaban J connectivity index is 2.48. The monoisotopic (exact) mass is 289 g/mol. The lowest BCUT2D eigenvalue weighted by Crippen LogP contribution is -2.13. The molecule has 2 rings (SSSR count). The predicted molar refractivity (Wildman–Crippen MR) is 73.0 cm³/mol. The molecule has 0 bridgehead atoms. The van der Waals surface area contributed by atoms with Gasteiger partial charge in [-0.2, -0.15) is 5.26 Å². The van der Waals surface area contributed by atoms with E-state index in [1.807, 2.05) is 6.07 Å². The Morgan fingerprint density at radius 2 is 1.65 bits per heavy atom. The van der Waals surface area contributed by atoms with Crippen LogP contribution in [0.3, 0.4) is 0 Å².